The zero-order valence-corrected chi connectivity index (χ0v) is 21.5. The van der Waals surface area contributed by atoms with Crippen molar-refractivity contribution in [3.63, 3.8) is 0 Å². The number of amides is 1. The molecule has 0 unspecified atom stereocenters. The van der Waals surface area contributed by atoms with Crippen molar-refractivity contribution in [1.82, 2.24) is 14.9 Å². The highest BCUT2D eigenvalue weighted by atomic mass is 16.5. The molecule has 0 aliphatic carbocycles. The first-order valence-electron chi connectivity index (χ1n) is 13.2. The molecule has 0 atom stereocenters. The molecule has 0 spiro atoms. The van der Waals surface area contributed by atoms with Gasteiger partial charge < -0.3 is 14.6 Å². The molecule has 0 saturated carbocycles. The van der Waals surface area contributed by atoms with E-state index in [-0.39, 0.29) is 11.8 Å². The number of nitrogens with zero attached hydrogens (tertiary/aromatic N) is 2. The molecular weight excluding hydrogens is 434 g/mol. The minimum Gasteiger partial charge on any atom is -0.493 e. The Morgan fingerprint density at radius 1 is 1.06 bits per heavy atom. The van der Waals surface area contributed by atoms with Crippen LogP contribution in [0.3, 0.4) is 0 Å². The lowest BCUT2D eigenvalue weighted by atomic mass is 10.0. The predicted octanol–water partition coefficient (Wildman–Crippen LogP) is 6.50. The molecule has 3 rings (SSSR count). The number of para-hydroxylation sites is 3. The van der Waals surface area contributed by atoms with Gasteiger partial charge >= 0.3 is 0 Å². The molecule has 0 radical (unpaired) electrons. The highest BCUT2D eigenvalue weighted by Gasteiger charge is 2.13. The first kappa shape index (κ1) is 26.5. The van der Waals surface area contributed by atoms with Crippen LogP contribution in [0.25, 0.3) is 11.0 Å². The van der Waals surface area contributed by atoms with Crippen LogP contribution >= 0.6 is 0 Å². The number of aromatic nitrogens is 2. The molecule has 35 heavy (non-hydrogen) atoms. The number of nitrogens with one attached hydrogen (secondary N) is 1. The molecular formula is C30H41N3O2. The normalized spacial score (nSPS) is 11.2. The number of carbonyl (C=O) groups is 1. The SMILES string of the molecule is C=CCc1ccccc1OCCCn1c(CCCCCNC(=O)C(CC)CC)nc2ccccc21. The average molecular weight is 476 g/mol. The second-order valence-electron chi connectivity index (χ2n) is 9.09. The van der Waals surface area contributed by atoms with Gasteiger partial charge in [-0.15, -0.1) is 6.58 Å². The van der Waals surface area contributed by atoms with Gasteiger partial charge in [-0.05, 0) is 62.3 Å². The van der Waals surface area contributed by atoms with Crippen molar-refractivity contribution >= 4 is 16.9 Å². The summed E-state index contributed by atoms with van der Waals surface area (Å²) in [7, 11) is 0. The fourth-order valence-corrected chi connectivity index (χ4v) is 4.54. The quantitative estimate of drug-likeness (QED) is 0.190. The Bertz CT molecular complexity index is 1070. The van der Waals surface area contributed by atoms with Gasteiger partial charge in [0.1, 0.15) is 11.6 Å². The molecule has 1 heterocycles. The lowest BCUT2D eigenvalue weighted by molar-refractivity contribution is -0.125. The first-order chi connectivity index (χ1) is 17.2. The molecule has 1 amide bonds. The van der Waals surface area contributed by atoms with Gasteiger partial charge in [0, 0.05) is 25.4 Å². The number of unbranched alkanes of at least 4 members (excludes halogenated alkanes) is 2. The number of imidazole rings is 1. The summed E-state index contributed by atoms with van der Waals surface area (Å²) in [6, 6.07) is 16.5. The Kier molecular flexibility index (Phi) is 10.9. The van der Waals surface area contributed by atoms with Crippen LogP contribution in [0.5, 0.6) is 5.75 Å². The predicted molar refractivity (Wildman–Crippen MR) is 145 cm³/mol. The molecule has 0 saturated heterocycles. The van der Waals surface area contributed by atoms with E-state index in [1.807, 2.05) is 30.3 Å². The van der Waals surface area contributed by atoms with E-state index in [0.717, 1.165) is 81.5 Å². The van der Waals surface area contributed by atoms with E-state index < -0.39 is 0 Å². The zero-order chi connectivity index (χ0) is 24.9. The van der Waals surface area contributed by atoms with Crippen molar-refractivity contribution in [2.24, 2.45) is 5.92 Å². The van der Waals surface area contributed by atoms with Crippen LogP contribution in [0.4, 0.5) is 0 Å². The summed E-state index contributed by atoms with van der Waals surface area (Å²) in [5, 5.41) is 3.10. The topological polar surface area (TPSA) is 56.1 Å². The Balaban J connectivity index is 1.50. The summed E-state index contributed by atoms with van der Waals surface area (Å²) in [6.07, 6.45) is 9.54. The maximum Gasteiger partial charge on any atom is 0.223 e. The van der Waals surface area contributed by atoms with Crippen molar-refractivity contribution in [2.45, 2.75) is 71.8 Å². The fourth-order valence-electron chi connectivity index (χ4n) is 4.54. The highest BCUT2D eigenvalue weighted by molar-refractivity contribution is 5.78. The largest absolute Gasteiger partial charge is 0.493 e. The third-order valence-electron chi connectivity index (χ3n) is 6.59. The third-order valence-corrected chi connectivity index (χ3v) is 6.59. The van der Waals surface area contributed by atoms with Gasteiger partial charge in [-0.25, -0.2) is 4.98 Å². The Morgan fingerprint density at radius 2 is 1.83 bits per heavy atom. The fraction of sp³-hybridized carbons (Fsp3) is 0.467. The molecule has 188 valence electrons. The second-order valence-corrected chi connectivity index (χ2v) is 9.09. The number of fused-ring (bicyclic) bond motifs is 1. The summed E-state index contributed by atoms with van der Waals surface area (Å²) in [5.74, 6) is 2.43. The number of hydrogen-bond donors (Lipinski definition) is 1. The van der Waals surface area contributed by atoms with E-state index in [1.54, 1.807) is 0 Å². The molecule has 0 aliphatic rings. The standard InChI is InChI=1S/C30H41N3O2/c1-4-15-25-16-9-12-19-28(25)35-23-14-22-33-27-18-11-10-17-26(27)32-29(33)20-8-7-13-21-31-30(34)24(5-2)6-3/h4,9-12,16-19,24H,1,5-8,13-15,20-23H2,2-3H3,(H,31,34). The van der Waals surface area contributed by atoms with Gasteiger partial charge in [-0.1, -0.05) is 56.7 Å². The summed E-state index contributed by atoms with van der Waals surface area (Å²) < 4.78 is 8.45. The summed E-state index contributed by atoms with van der Waals surface area (Å²) >= 11 is 0. The van der Waals surface area contributed by atoms with Gasteiger partial charge in [0.2, 0.25) is 5.91 Å². The molecule has 2 aromatic carbocycles. The maximum atomic E-state index is 12.1. The second kappa shape index (κ2) is 14.3. The van der Waals surface area contributed by atoms with Crippen molar-refractivity contribution < 1.29 is 9.53 Å². The zero-order valence-electron chi connectivity index (χ0n) is 21.5. The van der Waals surface area contributed by atoms with Gasteiger partial charge in [0.15, 0.2) is 0 Å². The minimum atomic E-state index is 0.148. The van der Waals surface area contributed by atoms with E-state index in [1.165, 1.54) is 11.1 Å². The molecule has 0 bridgehead atoms. The van der Waals surface area contributed by atoms with Crippen LogP contribution in [-0.2, 0) is 24.2 Å². The monoisotopic (exact) mass is 475 g/mol. The Labute approximate surface area is 210 Å². The number of aryl methyl sites for hydroxylation is 2. The molecule has 1 aromatic heterocycles. The molecule has 5 heteroatoms. The van der Waals surface area contributed by atoms with E-state index in [0.29, 0.717) is 6.61 Å². The summed E-state index contributed by atoms with van der Waals surface area (Å²) in [5.41, 5.74) is 3.41. The molecule has 3 aromatic rings. The van der Waals surface area contributed by atoms with Crippen molar-refractivity contribution in [3.05, 3.63) is 72.6 Å². The number of carbonyl (C=O) groups excluding carboxylic acids is 1. The minimum absolute atomic E-state index is 0.148. The Hall–Kier alpha value is -3.08. The average Bonchev–Trinajstić information content (AvgIpc) is 3.23. The van der Waals surface area contributed by atoms with Crippen LogP contribution in [-0.4, -0.2) is 28.6 Å². The number of rotatable bonds is 16. The highest BCUT2D eigenvalue weighted by Crippen LogP contribution is 2.21. The first-order valence-corrected chi connectivity index (χ1v) is 13.2. The molecule has 0 fully saturated rings. The van der Waals surface area contributed by atoms with Crippen LogP contribution in [0.2, 0.25) is 0 Å². The van der Waals surface area contributed by atoms with Gasteiger partial charge in [-0.3, -0.25) is 4.79 Å². The van der Waals surface area contributed by atoms with Crippen LogP contribution < -0.4 is 10.1 Å². The number of ether oxygens (including phenoxy) is 1. The molecule has 5 nitrogen and oxygen atoms in total. The molecule has 1 N–H and O–H groups in total. The van der Waals surface area contributed by atoms with E-state index >= 15 is 0 Å². The van der Waals surface area contributed by atoms with E-state index in [2.05, 4.69) is 54.6 Å². The van der Waals surface area contributed by atoms with Gasteiger partial charge in [0.05, 0.1) is 17.6 Å². The van der Waals surface area contributed by atoms with Crippen molar-refractivity contribution in [1.29, 1.82) is 0 Å². The van der Waals surface area contributed by atoms with E-state index in [4.69, 9.17) is 9.72 Å². The van der Waals surface area contributed by atoms with Crippen molar-refractivity contribution in [2.75, 3.05) is 13.2 Å². The van der Waals surface area contributed by atoms with Crippen LogP contribution in [0.15, 0.2) is 61.2 Å². The van der Waals surface area contributed by atoms with Gasteiger partial charge in [0.25, 0.3) is 0 Å². The Morgan fingerprint density at radius 3 is 2.63 bits per heavy atom. The number of allylic oxidation sites excluding steroid dienone is 1. The van der Waals surface area contributed by atoms with Gasteiger partial charge in [-0.2, -0.15) is 0 Å². The maximum absolute atomic E-state index is 12.1. The smallest absolute Gasteiger partial charge is 0.223 e. The summed E-state index contributed by atoms with van der Waals surface area (Å²) in [6.45, 7) is 10.3. The third kappa shape index (κ3) is 7.71. The van der Waals surface area contributed by atoms with Crippen LogP contribution in [0, 0.1) is 5.92 Å². The summed E-state index contributed by atoms with van der Waals surface area (Å²) in [4.78, 5) is 17.1. The lowest BCUT2D eigenvalue weighted by Crippen LogP contribution is -2.30. The molecule has 0 aliphatic heterocycles. The van der Waals surface area contributed by atoms with E-state index in [9.17, 15) is 4.79 Å². The number of hydrogen-bond acceptors (Lipinski definition) is 3. The van der Waals surface area contributed by atoms with Crippen molar-refractivity contribution in [3.8, 4) is 5.75 Å². The van der Waals surface area contributed by atoms with Crippen LogP contribution in [0.1, 0.15) is 63.8 Å². The number of benzene rings is 2. The lowest BCUT2D eigenvalue weighted by Gasteiger charge is -2.13.